The van der Waals surface area contributed by atoms with Crippen LogP contribution in [0.1, 0.15) is 59.8 Å². The van der Waals surface area contributed by atoms with Crippen molar-refractivity contribution in [1.29, 1.82) is 0 Å². The molecule has 2 aromatic rings. The van der Waals surface area contributed by atoms with E-state index in [4.69, 9.17) is 5.73 Å². The number of carbonyl (C=O) groups is 1. The summed E-state index contributed by atoms with van der Waals surface area (Å²) in [5, 5.41) is 4.48. The van der Waals surface area contributed by atoms with Crippen molar-refractivity contribution >= 4 is 5.91 Å². The van der Waals surface area contributed by atoms with E-state index in [0.717, 1.165) is 50.2 Å². The normalized spacial score (nSPS) is 21.7. The largest absolute Gasteiger partial charge is 0.337 e. The second kappa shape index (κ2) is 6.54. The number of aromatic nitrogens is 2. The Morgan fingerprint density at radius 1 is 1.31 bits per heavy atom. The summed E-state index contributed by atoms with van der Waals surface area (Å²) in [6.45, 7) is 7.39. The highest BCUT2D eigenvalue weighted by molar-refractivity contribution is 5.95. The molecule has 1 unspecified atom stereocenters. The Hall–Kier alpha value is -2.14. The first-order chi connectivity index (χ1) is 12.5. The molecule has 1 amide bonds. The lowest BCUT2D eigenvalue weighted by Gasteiger charge is -2.31. The van der Waals surface area contributed by atoms with Gasteiger partial charge < -0.3 is 10.6 Å². The quantitative estimate of drug-likeness (QED) is 0.904. The van der Waals surface area contributed by atoms with E-state index in [1.165, 1.54) is 11.1 Å². The van der Waals surface area contributed by atoms with Gasteiger partial charge in [0, 0.05) is 37.5 Å². The van der Waals surface area contributed by atoms with Crippen LogP contribution < -0.4 is 5.73 Å². The van der Waals surface area contributed by atoms with Crippen LogP contribution in [0.15, 0.2) is 30.5 Å². The van der Waals surface area contributed by atoms with Gasteiger partial charge in [-0.1, -0.05) is 38.1 Å². The zero-order valence-corrected chi connectivity index (χ0v) is 15.7. The molecular formula is C21H28N4O. The van der Waals surface area contributed by atoms with Gasteiger partial charge in [0.05, 0.1) is 17.5 Å². The van der Waals surface area contributed by atoms with Gasteiger partial charge in [0.15, 0.2) is 0 Å². The topological polar surface area (TPSA) is 64.2 Å². The minimum absolute atomic E-state index is 0.0662. The van der Waals surface area contributed by atoms with Crippen LogP contribution in [0.2, 0.25) is 0 Å². The van der Waals surface area contributed by atoms with Gasteiger partial charge in [0.2, 0.25) is 0 Å². The average molecular weight is 352 g/mol. The summed E-state index contributed by atoms with van der Waals surface area (Å²) in [7, 11) is 0. The van der Waals surface area contributed by atoms with E-state index in [0.29, 0.717) is 6.54 Å². The average Bonchev–Trinajstić information content (AvgIpc) is 3.03. The molecule has 5 heteroatoms. The van der Waals surface area contributed by atoms with Crippen LogP contribution in [0.25, 0.3) is 0 Å². The zero-order chi connectivity index (χ0) is 18.3. The number of rotatable bonds is 2. The van der Waals surface area contributed by atoms with Gasteiger partial charge >= 0.3 is 0 Å². The fourth-order valence-electron chi connectivity index (χ4n) is 4.66. The van der Waals surface area contributed by atoms with Gasteiger partial charge in [-0.15, -0.1) is 0 Å². The maximum atomic E-state index is 13.4. The molecule has 0 fully saturated rings. The molecule has 0 saturated carbocycles. The lowest BCUT2D eigenvalue weighted by atomic mass is 9.82. The third-order valence-corrected chi connectivity index (χ3v) is 5.98. The summed E-state index contributed by atoms with van der Waals surface area (Å²) in [6, 6.07) is 8.58. The monoisotopic (exact) mass is 352 g/mol. The fourth-order valence-corrected chi connectivity index (χ4v) is 4.66. The van der Waals surface area contributed by atoms with Crippen molar-refractivity contribution in [2.45, 2.75) is 51.0 Å². The number of aryl methyl sites for hydroxylation is 1. The number of amides is 1. The zero-order valence-electron chi connectivity index (χ0n) is 15.7. The molecule has 138 valence electrons. The van der Waals surface area contributed by atoms with Crippen LogP contribution in [0, 0.1) is 0 Å². The molecular weight excluding hydrogens is 324 g/mol. The summed E-state index contributed by atoms with van der Waals surface area (Å²) in [6.07, 6.45) is 4.78. The number of nitrogens with zero attached hydrogens (tertiary/aromatic N) is 3. The van der Waals surface area contributed by atoms with Crippen molar-refractivity contribution in [3.05, 3.63) is 52.8 Å². The molecule has 5 nitrogen and oxygen atoms in total. The molecule has 26 heavy (non-hydrogen) atoms. The first kappa shape index (κ1) is 17.3. The Bertz CT molecular complexity index is 823. The maximum absolute atomic E-state index is 13.4. The van der Waals surface area contributed by atoms with Crippen LogP contribution in [-0.4, -0.2) is 40.2 Å². The molecule has 0 bridgehead atoms. The molecule has 2 aliphatic rings. The molecule has 3 heterocycles. The molecule has 4 rings (SSSR count). The van der Waals surface area contributed by atoms with Crippen LogP contribution >= 0.6 is 0 Å². The van der Waals surface area contributed by atoms with E-state index in [-0.39, 0.29) is 17.2 Å². The number of benzene rings is 1. The molecule has 2 aliphatic heterocycles. The van der Waals surface area contributed by atoms with E-state index in [1.807, 2.05) is 9.58 Å². The lowest BCUT2D eigenvalue weighted by molar-refractivity contribution is 0.0730. The van der Waals surface area contributed by atoms with Gasteiger partial charge in [0.1, 0.15) is 0 Å². The summed E-state index contributed by atoms with van der Waals surface area (Å²) in [5.41, 5.74) is 10.4. The molecule has 1 atom stereocenters. The van der Waals surface area contributed by atoms with Crippen LogP contribution in [0.5, 0.6) is 0 Å². The Kier molecular flexibility index (Phi) is 4.35. The maximum Gasteiger partial charge on any atom is 0.257 e. The van der Waals surface area contributed by atoms with Crippen molar-refractivity contribution in [1.82, 2.24) is 14.7 Å². The Balaban J connectivity index is 1.65. The second-order valence-corrected chi connectivity index (χ2v) is 8.26. The summed E-state index contributed by atoms with van der Waals surface area (Å²) >= 11 is 0. The third-order valence-electron chi connectivity index (χ3n) is 5.98. The van der Waals surface area contributed by atoms with E-state index in [9.17, 15) is 4.79 Å². The highest BCUT2D eigenvalue weighted by Gasteiger charge is 2.34. The predicted octanol–water partition coefficient (Wildman–Crippen LogP) is 2.70. The van der Waals surface area contributed by atoms with Crippen molar-refractivity contribution in [2.24, 2.45) is 5.73 Å². The lowest BCUT2D eigenvalue weighted by Crippen LogP contribution is -2.40. The number of hydrogen-bond acceptors (Lipinski definition) is 3. The standard InChI is InChI=1S/C21H28N4O/c1-21(2)14-24(11-9-15-6-3-4-8-18(15)21)20(26)17-13-23-25-10-5-7-16(12-22)19(17)25/h3-4,6,8,13,16H,5,7,9-12,14,22H2,1-2H3. The number of carbonyl (C=O) groups excluding carboxylic acids is 1. The highest BCUT2D eigenvalue weighted by atomic mass is 16.2. The van der Waals surface area contributed by atoms with E-state index in [2.05, 4.69) is 43.2 Å². The van der Waals surface area contributed by atoms with Gasteiger partial charge in [-0.25, -0.2) is 0 Å². The molecule has 0 saturated heterocycles. The van der Waals surface area contributed by atoms with Gasteiger partial charge in [-0.05, 0) is 30.4 Å². The molecule has 2 N–H and O–H groups in total. The Labute approximate surface area is 155 Å². The molecule has 0 radical (unpaired) electrons. The van der Waals surface area contributed by atoms with Gasteiger partial charge in [-0.2, -0.15) is 5.10 Å². The fraction of sp³-hybridized carbons (Fsp3) is 0.524. The summed E-state index contributed by atoms with van der Waals surface area (Å²) in [4.78, 5) is 15.4. The number of hydrogen-bond donors (Lipinski definition) is 1. The van der Waals surface area contributed by atoms with Crippen LogP contribution in [-0.2, 0) is 18.4 Å². The molecule has 1 aromatic carbocycles. The first-order valence-corrected chi connectivity index (χ1v) is 9.64. The van der Waals surface area contributed by atoms with Crippen LogP contribution in [0.3, 0.4) is 0 Å². The summed E-state index contributed by atoms with van der Waals surface area (Å²) < 4.78 is 1.99. The number of fused-ring (bicyclic) bond motifs is 2. The van der Waals surface area contributed by atoms with Crippen molar-refractivity contribution in [2.75, 3.05) is 19.6 Å². The first-order valence-electron chi connectivity index (χ1n) is 9.64. The van der Waals surface area contributed by atoms with Gasteiger partial charge in [-0.3, -0.25) is 9.48 Å². The minimum atomic E-state index is -0.0662. The minimum Gasteiger partial charge on any atom is -0.337 e. The predicted molar refractivity (Wildman–Crippen MR) is 102 cm³/mol. The van der Waals surface area contributed by atoms with Gasteiger partial charge in [0.25, 0.3) is 5.91 Å². The summed E-state index contributed by atoms with van der Waals surface area (Å²) in [5.74, 6) is 0.342. The van der Waals surface area contributed by atoms with Crippen molar-refractivity contribution in [3.63, 3.8) is 0 Å². The Morgan fingerprint density at radius 3 is 2.92 bits per heavy atom. The molecule has 0 spiro atoms. The van der Waals surface area contributed by atoms with E-state index >= 15 is 0 Å². The van der Waals surface area contributed by atoms with E-state index < -0.39 is 0 Å². The second-order valence-electron chi connectivity index (χ2n) is 8.26. The van der Waals surface area contributed by atoms with E-state index in [1.54, 1.807) is 6.20 Å². The Morgan fingerprint density at radius 2 is 2.12 bits per heavy atom. The molecule has 0 aliphatic carbocycles. The molecule has 1 aromatic heterocycles. The van der Waals surface area contributed by atoms with Crippen LogP contribution in [0.4, 0.5) is 0 Å². The third kappa shape index (κ3) is 2.84. The number of nitrogens with two attached hydrogens (primary N) is 1. The smallest absolute Gasteiger partial charge is 0.257 e. The van der Waals surface area contributed by atoms with Crippen molar-refractivity contribution in [3.8, 4) is 0 Å². The SMILES string of the molecule is CC1(C)CN(C(=O)c2cnn3c2C(CN)CCC3)CCc2ccccc21. The highest BCUT2D eigenvalue weighted by Crippen LogP contribution is 2.33. The van der Waals surface area contributed by atoms with Crippen molar-refractivity contribution < 1.29 is 4.79 Å².